The molecule has 0 aliphatic heterocycles. The molecule has 0 bridgehead atoms. The quantitative estimate of drug-likeness (QED) is 0.928. The molecule has 7 heteroatoms. The molecule has 1 N–H and O–H groups in total. The van der Waals surface area contributed by atoms with Crippen molar-refractivity contribution in [3.05, 3.63) is 17.8 Å². The van der Waals surface area contributed by atoms with Crippen LogP contribution in [0.1, 0.15) is 31.4 Å². The molecule has 0 spiro atoms. The Bertz CT molecular complexity index is 437. The number of nitrogens with one attached hydrogen (secondary N) is 1. The largest absolute Gasteiger partial charge is 0.435 e. The molecule has 1 aliphatic carbocycles. The molecular weight excluding hydrogens is 281 g/mol. The Morgan fingerprint density at radius 1 is 1.14 bits per heavy atom. The fourth-order valence-electron chi connectivity index (χ4n) is 2.78. The van der Waals surface area contributed by atoms with Crippen LogP contribution in [0.2, 0.25) is 0 Å². The third-order valence-electron chi connectivity index (χ3n) is 3.78. The van der Waals surface area contributed by atoms with Gasteiger partial charge in [-0.2, -0.15) is 13.2 Å². The van der Waals surface area contributed by atoms with Gasteiger partial charge in [-0.15, -0.1) is 10.2 Å². The van der Waals surface area contributed by atoms with E-state index < -0.39 is 11.9 Å². The van der Waals surface area contributed by atoms with Crippen LogP contribution in [0.3, 0.4) is 0 Å². The van der Waals surface area contributed by atoms with Crippen LogP contribution >= 0.6 is 0 Å². The summed E-state index contributed by atoms with van der Waals surface area (Å²) in [4.78, 5) is 2.19. The Hall–Kier alpha value is -1.37. The van der Waals surface area contributed by atoms with Gasteiger partial charge < -0.3 is 10.2 Å². The van der Waals surface area contributed by atoms with Gasteiger partial charge in [-0.05, 0) is 57.8 Å². The van der Waals surface area contributed by atoms with E-state index in [0.29, 0.717) is 11.7 Å². The Morgan fingerprint density at radius 2 is 1.81 bits per heavy atom. The fourth-order valence-corrected chi connectivity index (χ4v) is 2.78. The van der Waals surface area contributed by atoms with Crippen LogP contribution in [-0.2, 0) is 6.18 Å². The predicted molar refractivity (Wildman–Crippen MR) is 75.0 cm³/mol. The molecule has 21 heavy (non-hydrogen) atoms. The van der Waals surface area contributed by atoms with E-state index >= 15 is 0 Å². The summed E-state index contributed by atoms with van der Waals surface area (Å²) in [5.41, 5.74) is -0.956. The van der Waals surface area contributed by atoms with Crippen molar-refractivity contribution in [1.82, 2.24) is 15.1 Å². The molecule has 1 aromatic heterocycles. The topological polar surface area (TPSA) is 41.0 Å². The molecule has 0 aromatic carbocycles. The van der Waals surface area contributed by atoms with Gasteiger partial charge in [0.1, 0.15) is 5.82 Å². The van der Waals surface area contributed by atoms with Gasteiger partial charge in [0.05, 0.1) is 0 Å². The lowest BCUT2D eigenvalue weighted by molar-refractivity contribution is -0.141. The predicted octanol–water partition coefficient (Wildman–Crippen LogP) is 3.03. The van der Waals surface area contributed by atoms with Gasteiger partial charge in [-0.3, -0.25) is 0 Å². The maximum absolute atomic E-state index is 12.4. The average molecular weight is 302 g/mol. The smallest absolute Gasteiger partial charge is 0.366 e. The van der Waals surface area contributed by atoms with E-state index in [1.807, 2.05) is 0 Å². The second-order valence-electron chi connectivity index (χ2n) is 5.93. The van der Waals surface area contributed by atoms with Gasteiger partial charge in [0.2, 0.25) is 0 Å². The zero-order valence-corrected chi connectivity index (χ0v) is 12.3. The number of rotatable bonds is 4. The first-order chi connectivity index (χ1) is 9.84. The highest BCUT2D eigenvalue weighted by Gasteiger charge is 2.33. The summed E-state index contributed by atoms with van der Waals surface area (Å²) in [7, 11) is 4.14. The SMILES string of the molecule is CN(C)CC1CCC(Nc2ccc(C(F)(F)F)nn2)CC1. The minimum absolute atomic E-state index is 0.273. The van der Waals surface area contributed by atoms with Crippen molar-refractivity contribution in [3.63, 3.8) is 0 Å². The number of hydrogen-bond acceptors (Lipinski definition) is 4. The van der Waals surface area contributed by atoms with Crippen LogP contribution in [0.5, 0.6) is 0 Å². The van der Waals surface area contributed by atoms with Crippen LogP contribution in [0, 0.1) is 5.92 Å². The molecule has 0 radical (unpaired) electrons. The summed E-state index contributed by atoms with van der Waals surface area (Å²) < 4.78 is 37.2. The van der Waals surface area contributed by atoms with Crippen LogP contribution in [0.4, 0.5) is 19.0 Å². The van der Waals surface area contributed by atoms with Crippen molar-refractivity contribution in [3.8, 4) is 0 Å². The van der Waals surface area contributed by atoms with Gasteiger partial charge in [-0.1, -0.05) is 0 Å². The van der Waals surface area contributed by atoms with Gasteiger partial charge in [0, 0.05) is 12.6 Å². The van der Waals surface area contributed by atoms with Crippen molar-refractivity contribution >= 4 is 5.82 Å². The highest BCUT2D eigenvalue weighted by Crippen LogP contribution is 2.28. The van der Waals surface area contributed by atoms with Crippen molar-refractivity contribution in [2.24, 2.45) is 5.92 Å². The van der Waals surface area contributed by atoms with E-state index in [0.717, 1.165) is 38.3 Å². The van der Waals surface area contributed by atoms with Crippen LogP contribution < -0.4 is 5.32 Å². The number of anilines is 1. The summed E-state index contributed by atoms with van der Waals surface area (Å²) in [5.74, 6) is 1.12. The van der Waals surface area contributed by atoms with E-state index in [4.69, 9.17) is 0 Å². The molecule has 0 unspecified atom stereocenters. The summed E-state index contributed by atoms with van der Waals surface area (Å²) in [6, 6.07) is 2.59. The number of nitrogens with zero attached hydrogens (tertiary/aromatic N) is 3. The summed E-state index contributed by atoms with van der Waals surface area (Å²) in [6.07, 6.45) is -0.147. The first-order valence-electron chi connectivity index (χ1n) is 7.17. The van der Waals surface area contributed by atoms with E-state index in [1.54, 1.807) is 0 Å². The number of halogens is 3. The van der Waals surface area contributed by atoms with Crippen molar-refractivity contribution in [2.45, 2.75) is 37.9 Å². The van der Waals surface area contributed by atoms with E-state index in [1.165, 1.54) is 6.07 Å². The minimum Gasteiger partial charge on any atom is -0.366 e. The molecule has 0 atom stereocenters. The molecule has 118 valence electrons. The molecule has 4 nitrogen and oxygen atoms in total. The molecular formula is C14H21F3N4. The third-order valence-corrected chi connectivity index (χ3v) is 3.78. The number of alkyl halides is 3. The molecule has 1 heterocycles. The van der Waals surface area contributed by atoms with E-state index in [2.05, 4.69) is 34.5 Å². The van der Waals surface area contributed by atoms with E-state index in [9.17, 15) is 13.2 Å². The zero-order chi connectivity index (χ0) is 15.5. The van der Waals surface area contributed by atoms with Crippen LogP contribution in [0.25, 0.3) is 0 Å². The minimum atomic E-state index is -4.43. The zero-order valence-electron chi connectivity index (χ0n) is 12.3. The summed E-state index contributed by atoms with van der Waals surface area (Å²) in [5, 5.41) is 10.0. The molecule has 2 rings (SSSR count). The summed E-state index contributed by atoms with van der Waals surface area (Å²) in [6.45, 7) is 1.09. The Morgan fingerprint density at radius 3 is 2.29 bits per heavy atom. The molecule has 1 aromatic rings. The van der Waals surface area contributed by atoms with Crippen molar-refractivity contribution < 1.29 is 13.2 Å². The Balaban J connectivity index is 1.83. The number of hydrogen-bond donors (Lipinski definition) is 1. The monoisotopic (exact) mass is 302 g/mol. The molecule has 1 saturated carbocycles. The molecule has 0 saturated heterocycles. The molecule has 1 aliphatic rings. The maximum atomic E-state index is 12.4. The van der Waals surface area contributed by atoms with Gasteiger partial charge >= 0.3 is 6.18 Å². The lowest BCUT2D eigenvalue weighted by atomic mass is 9.86. The normalized spacial score (nSPS) is 23.3. The van der Waals surface area contributed by atoms with Gasteiger partial charge in [-0.25, -0.2) is 0 Å². The lowest BCUT2D eigenvalue weighted by Crippen LogP contribution is -2.31. The fraction of sp³-hybridized carbons (Fsp3) is 0.714. The first kappa shape index (κ1) is 16.0. The highest BCUT2D eigenvalue weighted by molar-refractivity contribution is 5.34. The third kappa shape index (κ3) is 4.84. The lowest BCUT2D eigenvalue weighted by Gasteiger charge is -2.30. The van der Waals surface area contributed by atoms with Crippen LogP contribution in [-0.4, -0.2) is 41.8 Å². The average Bonchev–Trinajstić information content (AvgIpc) is 2.40. The van der Waals surface area contributed by atoms with Gasteiger partial charge in [0.25, 0.3) is 0 Å². The number of aromatic nitrogens is 2. The first-order valence-corrected chi connectivity index (χ1v) is 7.17. The maximum Gasteiger partial charge on any atom is 0.435 e. The highest BCUT2D eigenvalue weighted by atomic mass is 19.4. The van der Waals surface area contributed by atoms with E-state index in [-0.39, 0.29) is 6.04 Å². The second-order valence-corrected chi connectivity index (χ2v) is 5.93. The molecule has 1 fully saturated rings. The van der Waals surface area contributed by atoms with Gasteiger partial charge in [0.15, 0.2) is 5.69 Å². The Kier molecular flexibility index (Phi) is 5.03. The van der Waals surface area contributed by atoms with Crippen molar-refractivity contribution in [2.75, 3.05) is 26.0 Å². The van der Waals surface area contributed by atoms with Crippen LogP contribution in [0.15, 0.2) is 12.1 Å². The van der Waals surface area contributed by atoms with Crippen molar-refractivity contribution in [1.29, 1.82) is 0 Å². The standard InChI is InChI=1S/C14H21F3N4/c1-21(2)9-10-3-5-11(6-4-10)18-13-8-7-12(19-20-13)14(15,16)17/h7-8,10-11H,3-6,9H2,1-2H3,(H,18,20). The Labute approximate surface area is 122 Å². The summed E-state index contributed by atoms with van der Waals surface area (Å²) >= 11 is 0. The molecule has 0 amide bonds. The second kappa shape index (κ2) is 6.60.